The summed E-state index contributed by atoms with van der Waals surface area (Å²) in [6.07, 6.45) is -9.52. The van der Waals surface area contributed by atoms with Crippen LogP contribution in [-0.4, -0.2) is 29.5 Å². The Morgan fingerprint density at radius 2 is 1.65 bits per heavy atom. The van der Waals surface area contributed by atoms with E-state index in [1.54, 1.807) is 0 Å². The normalized spacial score (nSPS) is 11.9. The predicted octanol–water partition coefficient (Wildman–Crippen LogP) is 6.63. The van der Waals surface area contributed by atoms with Crippen molar-refractivity contribution < 1.29 is 35.8 Å². The first-order valence-corrected chi connectivity index (χ1v) is 9.88. The molecule has 3 rings (SSSR count). The molecule has 0 radical (unpaired) electrons. The number of alkyl halides is 6. The van der Waals surface area contributed by atoms with Crippen molar-refractivity contribution in [3.8, 4) is 22.8 Å². The summed E-state index contributed by atoms with van der Waals surface area (Å²) in [5.74, 6) is -0.540. The molecule has 0 aliphatic heterocycles. The van der Waals surface area contributed by atoms with E-state index >= 15 is 0 Å². The van der Waals surface area contributed by atoms with Crippen LogP contribution in [0.2, 0.25) is 0 Å². The molecule has 0 aliphatic carbocycles. The molecule has 0 amide bonds. The molecule has 0 bridgehead atoms. The second-order valence-electron chi connectivity index (χ2n) is 7.37. The van der Waals surface area contributed by atoms with Crippen molar-refractivity contribution in [1.29, 1.82) is 0 Å². The zero-order chi connectivity index (χ0) is 25.1. The number of nitrogens with one attached hydrogen (secondary N) is 2. The topological polar surface area (TPSA) is 68.3 Å². The molecule has 0 fully saturated rings. The number of hydrogen-bond acceptors (Lipinski definition) is 6. The van der Waals surface area contributed by atoms with Gasteiger partial charge in [-0.2, -0.15) is 18.2 Å². The van der Waals surface area contributed by atoms with Gasteiger partial charge in [-0.1, -0.05) is 12.1 Å². The highest BCUT2D eigenvalue weighted by atomic mass is 19.4. The van der Waals surface area contributed by atoms with Gasteiger partial charge in [0, 0.05) is 23.4 Å². The molecule has 6 nitrogen and oxygen atoms in total. The van der Waals surface area contributed by atoms with E-state index in [0.717, 1.165) is 25.3 Å². The van der Waals surface area contributed by atoms with Crippen LogP contribution in [0.5, 0.6) is 11.5 Å². The smallest absolute Gasteiger partial charge is 0.496 e. The summed E-state index contributed by atoms with van der Waals surface area (Å²) in [4.78, 5) is 8.56. The quantitative estimate of drug-likeness (QED) is 0.365. The highest BCUT2D eigenvalue weighted by molar-refractivity contribution is 5.69. The van der Waals surface area contributed by atoms with E-state index in [2.05, 4.69) is 25.3 Å². The van der Waals surface area contributed by atoms with Gasteiger partial charge in [0.15, 0.2) is 0 Å². The molecule has 0 saturated carbocycles. The monoisotopic (exact) mass is 486 g/mol. The third kappa shape index (κ3) is 6.65. The minimum Gasteiger partial charge on any atom is -0.496 e. The average Bonchev–Trinajstić information content (AvgIpc) is 2.71. The second kappa shape index (κ2) is 9.65. The molecule has 0 saturated heterocycles. The molecular formula is C22H20F6N4O2. The summed E-state index contributed by atoms with van der Waals surface area (Å²) in [7, 11) is 1.13. The van der Waals surface area contributed by atoms with Gasteiger partial charge in [0.25, 0.3) is 0 Å². The van der Waals surface area contributed by atoms with E-state index in [-0.39, 0.29) is 40.5 Å². The van der Waals surface area contributed by atoms with Gasteiger partial charge in [0.1, 0.15) is 17.3 Å². The number of aromatic nitrogens is 2. The standard InChI is InChI=1S/C22H20F6N4O2/c1-12(2)29-20-31-17(13-5-4-6-15(9-13)34-22(26,27)28)11-19(32-20)30-14-7-8-18(33-3)16(10-14)21(23,24)25/h4-12H,1-3H3,(H2,29,30,31,32). The number of ether oxygens (including phenoxy) is 2. The van der Waals surface area contributed by atoms with Crippen LogP contribution in [0.1, 0.15) is 19.4 Å². The molecule has 12 heteroatoms. The van der Waals surface area contributed by atoms with Gasteiger partial charge in [-0.05, 0) is 44.2 Å². The third-order valence-electron chi connectivity index (χ3n) is 4.28. The van der Waals surface area contributed by atoms with Crippen LogP contribution in [0, 0.1) is 0 Å². The van der Waals surface area contributed by atoms with Crippen LogP contribution >= 0.6 is 0 Å². The molecule has 182 valence electrons. The van der Waals surface area contributed by atoms with E-state index in [4.69, 9.17) is 4.74 Å². The number of methoxy groups -OCH3 is 1. The number of halogens is 6. The van der Waals surface area contributed by atoms with Crippen molar-refractivity contribution in [2.45, 2.75) is 32.4 Å². The number of benzene rings is 2. The Bertz CT molecular complexity index is 1150. The summed E-state index contributed by atoms with van der Waals surface area (Å²) >= 11 is 0. The minimum absolute atomic E-state index is 0.0717. The van der Waals surface area contributed by atoms with E-state index in [1.807, 2.05) is 13.8 Å². The molecule has 34 heavy (non-hydrogen) atoms. The SMILES string of the molecule is COc1ccc(Nc2cc(-c3cccc(OC(F)(F)F)c3)nc(NC(C)C)n2)cc1C(F)(F)F. The fourth-order valence-corrected chi connectivity index (χ4v) is 2.99. The van der Waals surface area contributed by atoms with Crippen molar-refractivity contribution in [3.63, 3.8) is 0 Å². The molecule has 1 heterocycles. The Labute approximate surface area is 190 Å². The van der Waals surface area contributed by atoms with Crippen LogP contribution in [0.25, 0.3) is 11.3 Å². The fraction of sp³-hybridized carbons (Fsp3) is 0.273. The molecule has 0 atom stereocenters. The van der Waals surface area contributed by atoms with E-state index in [0.29, 0.717) is 0 Å². The molecule has 3 aromatic rings. The Hall–Kier alpha value is -3.70. The number of hydrogen-bond donors (Lipinski definition) is 2. The summed E-state index contributed by atoms with van der Waals surface area (Å²) in [6, 6.07) is 9.88. The number of anilines is 3. The molecule has 2 aromatic carbocycles. The maximum atomic E-state index is 13.4. The van der Waals surface area contributed by atoms with E-state index < -0.39 is 23.9 Å². The Kier molecular flexibility index (Phi) is 7.08. The zero-order valence-corrected chi connectivity index (χ0v) is 18.2. The zero-order valence-electron chi connectivity index (χ0n) is 18.2. The van der Waals surface area contributed by atoms with Gasteiger partial charge in [0.2, 0.25) is 5.95 Å². The summed E-state index contributed by atoms with van der Waals surface area (Å²) in [6.45, 7) is 3.64. The first-order chi connectivity index (χ1) is 15.8. The molecule has 2 N–H and O–H groups in total. The highest BCUT2D eigenvalue weighted by Gasteiger charge is 2.34. The first kappa shape index (κ1) is 24.9. The van der Waals surface area contributed by atoms with E-state index in [1.165, 1.54) is 30.3 Å². The third-order valence-corrected chi connectivity index (χ3v) is 4.28. The largest absolute Gasteiger partial charge is 0.573 e. The lowest BCUT2D eigenvalue weighted by molar-refractivity contribution is -0.274. The molecule has 0 aliphatic rings. The fourth-order valence-electron chi connectivity index (χ4n) is 2.99. The van der Waals surface area contributed by atoms with Crippen molar-refractivity contribution >= 4 is 17.5 Å². The molecule has 0 spiro atoms. The summed E-state index contributed by atoms with van der Waals surface area (Å²) < 4.78 is 86.7. The van der Waals surface area contributed by atoms with Gasteiger partial charge in [-0.25, -0.2) is 4.98 Å². The van der Waals surface area contributed by atoms with Gasteiger partial charge in [-0.3, -0.25) is 0 Å². The van der Waals surface area contributed by atoms with Crippen LogP contribution < -0.4 is 20.1 Å². The number of nitrogens with zero attached hydrogens (tertiary/aromatic N) is 2. The van der Waals surface area contributed by atoms with Gasteiger partial charge in [0.05, 0.1) is 18.4 Å². The van der Waals surface area contributed by atoms with E-state index in [9.17, 15) is 26.3 Å². The lowest BCUT2D eigenvalue weighted by atomic mass is 10.1. The van der Waals surface area contributed by atoms with Crippen molar-refractivity contribution in [3.05, 3.63) is 54.1 Å². The summed E-state index contributed by atoms with van der Waals surface area (Å²) in [5.41, 5.74) is -0.406. The lowest BCUT2D eigenvalue weighted by Gasteiger charge is -2.16. The van der Waals surface area contributed by atoms with Gasteiger partial charge >= 0.3 is 12.5 Å². The predicted molar refractivity (Wildman–Crippen MR) is 114 cm³/mol. The van der Waals surface area contributed by atoms with Crippen molar-refractivity contribution in [2.24, 2.45) is 0 Å². The minimum atomic E-state index is -4.87. The van der Waals surface area contributed by atoms with Crippen LogP contribution in [0.3, 0.4) is 0 Å². The number of rotatable bonds is 7. The summed E-state index contributed by atoms with van der Waals surface area (Å²) in [5, 5.41) is 5.76. The van der Waals surface area contributed by atoms with Crippen LogP contribution in [0.4, 0.5) is 43.8 Å². The van der Waals surface area contributed by atoms with Crippen molar-refractivity contribution in [2.75, 3.05) is 17.7 Å². The first-order valence-electron chi connectivity index (χ1n) is 9.88. The van der Waals surface area contributed by atoms with Crippen molar-refractivity contribution in [1.82, 2.24) is 9.97 Å². The second-order valence-corrected chi connectivity index (χ2v) is 7.37. The Morgan fingerprint density at radius 3 is 2.26 bits per heavy atom. The van der Waals surface area contributed by atoms with Crippen LogP contribution in [0.15, 0.2) is 48.5 Å². The van der Waals surface area contributed by atoms with Gasteiger partial charge < -0.3 is 20.1 Å². The molecular weight excluding hydrogens is 466 g/mol. The van der Waals surface area contributed by atoms with Gasteiger partial charge in [-0.15, -0.1) is 13.2 Å². The van der Waals surface area contributed by atoms with Crippen LogP contribution in [-0.2, 0) is 6.18 Å². The maximum absolute atomic E-state index is 13.4. The Balaban J connectivity index is 2.01. The maximum Gasteiger partial charge on any atom is 0.573 e. The Morgan fingerprint density at radius 1 is 0.912 bits per heavy atom. The average molecular weight is 486 g/mol. The molecule has 1 aromatic heterocycles. The lowest BCUT2D eigenvalue weighted by Crippen LogP contribution is -2.17. The highest BCUT2D eigenvalue weighted by Crippen LogP contribution is 2.38. The molecule has 0 unspecified atom stereocenters.